The summed E-state index contributed by atoms with van der Waals surface area (Å²) in [5.41, 5.74) is 2.37. The summed E-state index contributed by atoms with van der Waals surface area (Å²) < 4.78 is 1.03. The Bertz CT molecular complexity index is 488. The van der Waals surface area contributed by atoms with E-state index in [0.29, 0.717) is 0 Å². The molecule has 0 aliphatic rings. The molecule has 0 fully saturated rings. The molecular formula is C13H12BrClN2. The SMILES string of the molecule is Clc1ccc(CNCc2cccnc2)c(Br)c1. The fourth-order valence-corrected chi connectivity index (χ4v) is 2.33. The number of nitrogens with one attached hydrogen (secondary N) is 1. The smallest absolute Gasteiger partial charge is 0.0417 e. The van der Waals surface area contributed by atoms with Gasteiger partial charge in [0, 0.05) is 35.0 Å². The van der Waals surface area contributed by atoms with Gasteiger partial charge in [0.05, 0.1) is 0 Å². The maximum Gasteiger partial charge on any atom is 0.0417 e. The molecule has 0 amide bonds. The first kappa shape index (κ1) is 12.6. The van der Waals surface area contributed by atoms with Gasteiger partial charge in [-0.3, -0.25) is 4.98 Å². The molecule has 1 aromatic carbocycles. The lowest BCUT2D eigenvalue weighted by Gasteiger charge is -2.07. The Kier molecular flexibility index (Phi) is 4.54. The summed E-state index contributed by atoms with van der Waals surface area (Å²) in [6.07, 6.45) is 3.64. The lowest BCUT2D eigenvalue weighted by atomic mass is 10.2. The van der Waals surface area contributed by atoms with Gasteiger partial charge in [0.1, 0.15) is 0 Å². The van der Waals surface area contributed by atoms with E-state index in [1.807, 2.05) is 30.5 Å². The molecule has 2 rings (SSSR count). The molecule has 0 radical (unpaired) electrons. The van der Waals surface area contributed by atoms with Crippen LogP contribution in [0.2, 0.25) is 5.02 Å². The lowest BCUT2D eigenvalue weighted by Crippen LogP contribution is -2.13. The van der Waals surface area contributed by atoms with Crippen LogP contribution in [0.3, 0.4) is 0 Å². The van der Waals surface area contributed by atoms with Crippen LogP contribution in [-0.2, 0) is 13.1 Å². The highest BCUT2D eigenvalue weighted by atomic mass is 79.9. The Labute approximate surface area is 114 Å². The monoisotopic (exact) mass is 310 g/mol. The second-order valence-electron chi connectivity index (χ2n) is 3.70. The number of rotatable bonds is 4. The zero-order chi connectivity index (χ0) is 12.1. The maximum absolute atomic E-state index is 5.89. The average molecular weight is 312 g/mol. The van der Waals surface area contributed by atoms with Crippen molar-refractivity contribution in [3.8, 4) is 0 Å². The third-order valence-corrected chi connectivity index (χ3v) is 3.36. The molecule has 0 saturated carbocycles. The molecular weight excluding hydrogens is 300 g/mol. The van der Waals surface area contributed by atoms with E-state index in [4.69, 9.17) is 11.6 Å². The lowest BCUT2D eigenvalue weighted by molar-refractivity contribution is 0.689. The van der Waals surface area contributed by atoms with Crippen LogP contribution in [0, 0.1) is 0 Å². The summed E-state index contributed by atoms with van der Waals surface area (Å²) in [7, 11) is 0. The molecule has 0 atom stereocenters. The number of nitrogens with zero attached hydrogens (tertiary/aromatic N) is 1. The Balaban J connectivity index is 1.90. The van der Waals surface area contributed by atoms with E-state index >= 15 is 0 Å². The van der Waals surface area contributed by atoms with Crippen molar-refractivity contribution < 1.29 is 0 Å². The van der Waals surface area contributed by atoms with Gasteiger partial charge in [-0.05, 0) is 29.3 Å². The summed E-state index contributed by atoms with van der Waals surface area (Å²) in [5, 5.41) is 4.11. The molecule has 1 aromatic heterocycles. The molecule has 0 bridgehead atoms. The zero-order valence-electron chi connectivity index (χ0n) is 9.16. The molecule has 1 heterocycles. The Hall–Kier alpha value is -0.900. The summed E-state index contributed by atoms with van der Waals surface area (Å²) >= 11 is 9.38. The van der Waals surface area contributed by atoms with E-state index in [9.17, 15) is 0 Å². The van der Waals surface area contributed by atoms with Crippen molar-refractivity contribution in [2.45, 2.75) is 13.1 Å². The van der Waals surface area contributed by atoms with E-state index in [0.717, 1.165) is 22.6 Å². The summed E-state index contributed by atoms with van der Waals surface area (Å²) in [5.74, 6) is 0. The van der Waals surface area contributed by atoms with Crippen LogP contribution in [0.4, 0.5) is 0 Å². The van der Waals surface area contributed by atoms with Gasteiger partial charge in [-0.1, -0.05) is 39.7 Å². The van der Waals surface area contributed by atoms with Gasteiger partial charge in [-0.15, -0.1) is 0 Å². The Morgan fingerprint density at radius 3 is 2.82 bits per heavy atom. The van der Waals surface area contributed by atoms with Crippen LogP contribution in [0.15, 0.2) is 47.2 Å². The highest BCUT2D eigenvalue weighted by Gasteiger charge is 2.00. The largest absolute Gasteiger partial charge is 0.309 e. The normalized spacial score (nSPS) is 10.5. The van der Waals surface area contributed by atoms with Gasteiger partial charge in [-0.2, -0.15) is 0 Å². The van der Waals surface area contributed by atoms with E-state index in [-0.39, 0.29) is 0 Å². The van der Waals surface area contributed by atoms with Crippen molar-refractivity contribution in [2.75, 3.05) is 0 Å². The van der Waals surface area contributed by atoms with Crippen LogP contribution in [0.5, 0.6) is 0 Å². The van der Waals surface area contributed by atoms with Gasteiger partial charge in [0.2, 0.25) is 0 Å². The van der Waals surface area contributed by atoms with E-state index < -0.39 is 0 Å². The third kappa shape index (κ3) is 3.80. The minimum atomic E-state index is 0.743. The first-order valence-electron chi connectivity index (χ1n) is 5.29. The van der Waals surface area contributed by atoms with Crippen LogP contribution in [0.25, 0.3) is 0 Å². The molecule has 4 heteroatoms. The average Bonchev–Trinajstić information content (AvgIpc) is 2.33. The van der Waals surface area contributed by atoms with Crippen molar-refractivity contribution in [1.29, 1.82) is 0 Å². The van der Waals surface area contributed by atoms with Gasteiger partial charge in [-0.25, -0.2) is 0 Å². The van der Waals surface area contributed by atoms with Crippen LogP contribution < -0.4 is 5.32 Å². The maximum atomic E-state index is 5.89. The quantitative estimate of drug-likeness (QED) is 0.929. The predicted octanol–water partition coefficient (Wildman–Crippen LogP) is 3.79. The molecule has 0 saturated heterocycles. The summed E-state index contributed by atoms with van der Waals surface area (Å²) in [6, 6.07) is 9.81. The first-order valence-corrected chi connectivity index (χ1v) is 6.46. The predicted molar refractivity (Wildman–Crippen MR) is 73.9 cm³/mol. The molecule has 0 spiro atoms. The second kappa shape index (κ2) is 6.15. The van der Waals surface area contributed by atoms with Crippen molar-refractivity contribution in [3.63, 3.8) is 0 Å². The molecule has 0 aliphatic heterocycles. The molecule has 2 nitrogen and oxygen atoms in total. The molecule has 88 valence electrons. The second-order valence-corrected chi connectivity index (χ2v) is 4.99. The minimum Gasteiger partial charge on any atom is -0.309 e. The fraction of sp³-hybridized carbons (Fsp3) is 0.154. The van der Waals surface area contributed by atoms with Gasteiger partial charge in [0.25, 0.3) is 0 Å². The van der Waals surface area contributed by atoms with Crippen LogP contribution in [-0.4, -0.2) is 4.98 Å². The number of benzene rings is 1. The standard InChI is InChI=1S/C13H12BrClN2/c14-13-6-12(15)4-3-11(13)9-17-8-10-2-1-5-16-7-10/h1-7,17H,8-9H2. The molecule has 1 N–H and O–H groups in total. The number of hydrogen-bond acceptors (Lipinski definition) is 2. The Morgan fingerprint density at radius 2 is 2.12 bits per heavy atom. The van der Waals surface area contributed by atoms with E-state index in [1.165, 1.54) is 11.1 Å². The van der Waals surface area contributed by atoms with Crippen molar-refractivity contribution in [2.24, 2.45) is 0 Å². The first-order chi connectivity index (χ1) is 8.25. The zero-order valence-corrected chi connectivity index (χ0v) is 11.5. The van der Waals surface area contributed by atoms with Crippen molar-refractivity contribution in [1.82, 2.24) is 10.3 Å². The summed E-state index contributed by atoms with van der Waals surface area (Å²) in [6.45, 7) is 1.61. The molecule has 0 aliphatic carbocycles. The number of halogens is 2. The molecule has 17 heavy (non-hydrogen) atoms. The third-order valence-electron chi connectivity index (χ3n) is 2.38. The van der Waals surface area contributed by atoms with Gasteiger partial charge >= 0.3 is 0 Å². The number of pyridine rings is 1. The van der Waals surface area contributed by atoms with Crippen LogP contribution in [0.1, 0.15) is 11.1 Å². The van der Waals surface area contributed by atoms with Crippen molar-refractivity contribution in [3.05, 3.63) is 63.3 Å². The number of hydrogen-bond donors (Lipinski definition) is 1. The highest BCUT2D eigenvalue weighted by Crippen LogP contribution is 2.21. The van der Waals surface area contributed by atoms with E-state index in [2.05, 4.69) is 32.3 Å². The van der Waals surface area contributed by atoms with Crippen molar-refractivity contribution >= 4 is 27.5 Å². The topological polar surface area (TPSA) is 24.9 Å². The fourth-order valence-electron chi connectivity index (χ4n) is 1.51. The highest BCUT2D eigenvalue weighted by molar-refractivity contribution is 9.10. The summed E-state index contributed by atoms with van der Waals surface area (Å²) in [4.78, 5) is 4.07. The van der Waals surface area contributed by atoms with Gasteiger partial charge in [0.15, 0.2) is 0 Å². The van der Waals surface area contributed by atoms with Crippen LogP contribution >= 0.6 is 27.5 Å². The van der Waals surface area contributed by atoms with E-state index in [1.54, 1.807) is 6.20 Å². The molecule has 0 unspecified atom stereocenters. The minimum absolute atomic E-state index is 0.743. The van der Waals surface area contributed by atoms with Gasteiger partial charge < -0.3 is 5.32 Å². The Morgan fingerprint density at radius 1 is 1.24 bits per heavy atom. The number of aromatic nitrogens is 1. The molecule has 2 aromatic rings.